The average molecular weight is 475 g/mol. The molecule has 0 spiro atoms. The van der Waals surface area contributed by atoms with Crippen LogP contribution in [0.1, 0.15) is 58.5 Å². The second-order valence-corrected chi connectivity index (χ2v) is 9.35. The summed E-state index contributed by atoms with van der Waals surface area (Å²) in [4.78, 5) is 34.9. The van der Waals surface area contributed by atoms with E-state index in [0.29, 0.717) is 44.3 Å². The van der Waals surface area contributed by atoms with Crippen LogP contribution in [0.25, 0.3) is 0 Å². The SMILES string of the molecule is CC(=O)N1CCN(C(=O)c2coc(CN(Cc3cc(C)ccc3C)[C@@H](C)c3ccccc3)n2)CC1. The zero-order chi connectivity index (χ0) is 24.9. The Morgan fingerprint density at radius 1 is 1.00 bits per heavy atom. The molecular weight excluding hydrogens is 440 g/mol. The first-order valence-electron chi connectivity index (χ1n) is 12.2. The number of aromatic nitrogens is 1. The van der Waals surface area contributed by atoms with Crippen molar-refractivity contribution in [2.45, 2.75) is 46.8 Å². The minimum absolute atomic E-state index is 0.0392. The summed E-state index contributed by atoms with van der Waals surface area (Å²) in [5.74, 6) is 0.404. The van der Waals surface area contributed by atoms with Gasteiger partial charge in [-0.05, 0) is 37.5 Å². The first-order chi connectivity index (χ1) is 16.8. The van der Waals surface area contributed by atoms with Gasteiger partial charge in [-0.3, -0.25) is 14.5 Å². The van der Waals surface area contributed by atoms with Gasteiger partial charge in [0.1, 0.15) is 6.26 Å². The molecule has 4 rings (SSSR count). The normalized spacial score (nSPS) is 14.9. The summed E-state index contributed by atoms with van der Waals surface area (Å²) < 4.78 is 5.78. The van der Waals surface area contributed by atoms with Crippen LogP contribution in [-0.2, 0) is 17.9 Å². The van der Waals surface area contributed by atoms with E-state index in [1.54, 1.807) is 16.7 Å². The third-order valence-corrected chi connectivity index (χ3v) is 6.83. The Hall–Kier alpha value is -3.45. The first kappa shape index (κ1) is 24.7. The van der Waals surface area contributed by atoms with Crippen LogP contribution in [0, 0.1) is 13.8 Å². The maximum absolute atomic E-state index is 13.0. The summed E-state index contributed by atoms with van der Waals surface area (Å²) in [5.41, 5.74) is 5.26. The van der Waals surface area contributed by atoms with Gasteiger partial charge in [-0.2, -0.15) is 0 Å². The monoisotopic (exact) mass is 474 g/mol. The number of oxazole rings is 1. The molecule has 1 aromatic heterocycles. The van der Waals surface area contributed by atoms with E-state index in [1.807, 2.05) is 6.07 Å². The average Bonchev–Trinajstić information content (AvgIpc) is 3.34. The standard InChI is InChI=1S/C28H34N4O3/c1-20-10-11-21(2)25(16-20)17-32(22(3)24-8-6-5-7-9-24)18-27-29-26(19-35-27)28(34)31-14-12-30(13-15-31)23(4)33/h5-11,16,19,22H,12-15,17-18H2,1-4H3/t22-/m0/s1. The van der Waals surface area contributed by atoms with Gasteiger partial charge in [-0.25, -0.2) is 4.98 Å². The summed E-state index contributed by atoms with van der Waals surface area (Å²) in [6, 6.07) is 17.0. The van der Waals surface area contributed by atoms with Crippen LogP contribution in [0.5, 0.6) is 0 Å². The Morgan fingerprint density at radius 2 is 1.69 bits per heavy atom. The second-order valence-electron chi connectivity index (χ2n) is 9.35. The van der Waals surface area contributed by atoms with Crippen molar-refractivity contribution >= 4 is 11.8 Å². The fourth-order valence-electron chi connectivity index (χ4n) is 4.50. The highest BCUT2D eigenvalue weighted by molar-refractivity contribution is 5.92. The number of amides is 2. The zero-order valence-corrected chi connectivity index (χ0v) is 21.0. The third kappa shape index (κ3) is 5.98. The lowest BCUT2D eigenvalue weighted by Gasteiger charge is -2.33. The van der Waals surface area contributed by atoms with E-state index in [-0.39, 0.29) is 17.9 Å². The number of hydrogen-bond acceptors (Lipinski definition) is 5. The van der Waals surface area contributed by atoms with Crippen LogP contribution in [0.2, 0.25) is 0 Å². The molecule has 0 radical (unpaired) electrons. The van der Waals surface area contributed by atoms with E-state index in [9.17, 15) is 9.59 Å². The summed E-state index contributed by atoms with van der Waals surface area (Å²) >= 11 is 0. The van der Waals surface area contributed by atoms with Gasteiger partial charge in [-0.1, -0.05) is 54.1 Å². The van der Waals surface area contributed by atoms with Gasteiger partial charge in [-0.15, -0.1) is 0 Å². The van der Waals surface area contributed by atoms with Gasteiger partial charge >= 0.3 is 0 Å². The Morgan fingerprint density at radius 3 is 2.37 bits per heavy atom. The quantitative estimate of drug-likeness (QED) is 0.509. The molecule has 0 bridgehead atoms. The molecule has 1 atom stereocenters. The lowest BCUT2D eigenvalue weighted by atomic mass is 10.0. The van der Waals surface area contributed by atoms with Crippen molar-refractivity contribution in [2.75, 3.05) is 26.2 Å². The third-order valence-electron chi connectivity index (χ3n) is 6.83. The number of aryl methyl sites for hydroxylation is 2. The lowest BCUT2D eigenvalue weighted by Crippen LogP contribution is -2.50. The van der Waals surface area contributed by atoms with Crippen molar-refractivity contribution in [3.8, 4) is 0 Å². The Balaban J connectivity index is 1.51. The molecule has 7 nitrogen and oxygen atoms in total. The van der Waals surface area contributed by atoms with E-state index in [2.05, 4.69) is 73.1 Å². The van der Waals surface area contributed by atoms with Gasteiger partial charge in [0.15, 0.2) is 5.69 Å². The molecule has 1 saturated heterocycles. The number of benzene rings is 2. The molecule has 2 aromatic carbocycles. The largest absolute Gasteiger partial charge is 0.447 e. The molecule has 0 aliphatic carbocycles. The van der Waals surface area contributed by atoms with Crippen LogP contribution >= 0.6 is 0 Å². The Kier molecular flexibility index (Phi) is 7.66. The summed E-state index contributed by atoms with van der Waals surface area (Å²) in [6.07, 6.45) is 1.46. The molecule has 0 unspecified atom stereocenters. The molecule has 2 heterocycles. The minimum atomic E-state index is -0.152. The number of nitrogens with zero attached hydrogens (tertiary/aromatic N) is 4. The molecule has 1 fully saturated rings. The van der Waals surface area contributed by atoms with Crippen LogP contribution in [0.4, 0.5) is 0 Å². The molecule has 3 aromatic rings. The van der Waals surface area contributed by atoms with Crippen LogP contribution in [0.15, 0.2) is 59.2 Å². The maximum atomic E-state index is 13.0. The van der Waals surface area contributed by atoms with E-state index in [0.717, 1.165) is 6.54 Å². The minimum Gasteiger partial charge on any atom is -0.447 e. The van der Waals surface area contributed by atoms with Crippen molar-refractivity contribution in [1.29, 1.82) is 0 Å². The summed E-state index contributed by atoms with van der Waals surface area (Å²) in [6.45, 7) is 11.3. The molecule has 0 saturated carbocycles. The van der Waals surface area contributed by atoms with Crippen molar-refractivity contribution < 1.29 is 14.0 Å². The molecule has 184 valence electrons. The zero-order valence-electron chi connectivity index (χ0n) is 21.0. The van der Waals surface area contributed by atoms with Crippen LogP contribution in [0.3, 0.4) is 0 Å². The van der Waals surface area contributed by atoms with Crippen LogP contribution < -0.4 is 0 Å². The van der Waals surface area contributed by atoms with E-state index in [4.69, 9.17) is 4.42 Å². The van der Waals surface area contributed by atoms with Crippen molar-refractivity contribution in [3.05, 3.63) is 88.6 Å². The van der Waals surface area contributed by atoms with Gasteiger partial charge in [0, 0.05) is 45.7 Å². The first-order valence-corrected chi connectivity index (χ1v) is 12.2. The van der Waals surface area contributed by atoms with Gasteiger partial charge in [0.25, 0.3) is 5.91 Å². The highest BCUT2D eigenvalue weighted by atomic mass is 16.3. The lowest BCUT2D eigenvalue weighted by molar-refractivity contribution is -0.130. The van der Waals surface area contributed by atoms with E-state index in [1.165, 1.54) is 28.5 Å². The van der Waals surface area contributed by atoms with Crippen molar-refractivity contribution in [2.24, 2.45) is 0 Å². The van der Waals surface area contributed by atoms with Crippen LogP contribution in [-0.4, -0.2) is 57.7 Å². The maximum Gasteiger partial charge on any atom is 0.275 e. The molecule has 0 N–H and O–H groups in total. The molecule has 7 heteroatoms. The molecule has 1 aliphatic rings. The summed E-state index contributed by atoms with van der Waals surface area (Å²) in [7, 11) is 0. The Bertz CT molecular complexity index is 1170. The van der Waals surface area contributed by atoms with E-state index >= 15 is 0 Å². The fourth-order valence-corrected chi connectivity index (χ4v) is 4.50. The molecule has 35 heavy (non-hydrogen) atoms. The molecular formula is C28H34N4O3. The summed E-state index contributed by atoms with van der Waals surface area (Å²) in [5, 5.41) is 0. The molecule has 1 aliphatic heterocycles. The number of hydrogen-bond donors (Lipinski definition) is 0. The number of carbonyl (C=O) groups is 2. The highest BCUT2D eigenvalue weighted by Crippen LogP contribution is 2.26. The smallest absolute Gasteiger partial charge is 0.275 e. The Labute approximate surface area is 207 Å². The number of carbonyl (C=O) groups excluding carboxylic acids is 2. The second kappa shape index (κ2) is 10.9. The van der Waals surface area contributed by atoms with Gasteiger partial charge in [0.2, 0.25) is 11.8 Å². The predicted octanol–water partition coefficient (Wildman–Crippen LogP) is 4.36. The molecule has 2 amide bonds. The van der Waals surface area contributed by atoms with E-state index < -0.39 is 0 Å². The fraction of sp³-hybridized carbons (Fsp3) is 0.393. The topological polar surface area (TPSA) is 69.9 Å². The van der Waals surface area contributed by atoms with Gasteiger partial charge in [0.05, 0.1) is 6.54 Å². The van der Waals surface area contributed by atoms with Crippen molar-refractivity contribution in [3.63, 3.8) is 0 Å². The predicted molar refractivity (Wildman–Crippen MR) is 135 cm³/mol. The van der Waals surface area contributed by atoms with Gasteiger partial charge < -0.3 is 14.2 Å². The van der Waals surface area contributed by atoms with Crippen molar-refractivity contribution in [1.82, 2.24) is 19.7 Å². The number of piperazine rings is 1. The highest BCUT2D eigenvalue weighted by Gasteiger charge is 2.26. The number of rotatable bonds is 7.